The summed E-state index contributed by atoms with van der Waals surface area (Å²) >= 11 is 3.39. The Bertz CT molecular complexity index is 641. The van der Waals surface area contributed by atoms with E-state index in [2.05, 4.69) is 26.2 Å². The van der Waals surface area contributed by atoms with E-state index >= 15 is 0 Å². The Kier molecular flexibility index (Phi) is 3.85. The summed E-state index contributed by atoms with van der Waals surface area (Å²) in [5.41, 5.74) is 9.03. The van der Waals surface area contributed by atoms with E-state index in [0.29, 0.717) is 16.9 Å². The number of pyridine rings is 1. The van der Waals surface area contributed by atoms with E-state index in [-0.39, 0.29) is 5.91 Å². The summed E-state index contributed by atoms with van der Waals surface area (Å²) in [6.45, 7) is 3.72. The van der Waals surface area contributed by atoms with Crippen LogP contribution >= 0.6 is 15.9 Å². The number of nitrogens with zero attached hydrogens (tertiary/aromatic N) is 1. The number of anilines is 2. The lowest BCUT2D eigenvalue weighted by Crippen LogP contribution is -2.15. The topological polar surface area (TPSA) is 68.0 Å². The number of hydrogen-bond donors (Lipinski definition) is 2. The Labute approximate surface area is 120 Å². The number of halogens is 1. The van der Waals surface area contributed by atoms with E-state index in [0.717, 1.165) is 15.7 Å². The SMILES string of the molecule is Cc1cc(Br)ccc1NC(=O)c1cc(N)cnc1C. The van der Waals surface area contributed by atoms with E-state index in [9.17, 15) is 4.79 Å². The molecular weight excluding hydrogens is 306 g/mol. The van der Waals surface area contributed by atoms with Crippen LogP contribution < -0.4 is 11.1 Å². The first kappa shape index (κ1) is 13.5. The van der Waals surface area contributed by atoms with Crippen molar-refractivity contribution in [1.82, 2.24) is 4.98 Å². The molecule has 0 fully saturated rings. The van der Waals surface area contributed by atoms with Crippen LogP contribution in [0.5, 0.6) is 0 Å². The van der Waals surface area contributed by atoms with E-state index in [1.54, 1.807) is 13.0 Å². The number of carbonyl (C=O) groups is 1. The van der Waals surface area contributed by atoms with Gasteiger partial charge in [0.2, 0.25) is 0 Å². The van der Waals surface area contributed by atoms with Crippen molar-refractivity contribution in [2.24, 2.45) is 0 Å². The van der Waals surface area contributed by atoms with Gasteiger partial charge in [0.15, 0.2) is 0 Å². The van der Waals surface area contributed by atoms with Crippen molar-refractivity contribution in [3.63, 3.8) is 0 Å². The third-order valence-electron chi connectivity index (χ3n) is 2.79. The van der Waals surface area contributed by atoms with Crippen molar-refractivity contribution in [1.29, 1.82) is 0 Å². The summed E-state index contributed by atoms with van der Waals surface area (Å²) in [5, 5.41) is 2.87. The number of hydrogen-bond acceptors (Lipinski definition) is 3. The minimum Gasteiger partial charge on any atom is -0.397 e. The van der Waals surface area contributed by atoms with Gasteiger partial charge in [0.1, 0.15) is 0 Å². The molecule has 2 aromatic rings. The maximum atomic E-state index is 12.2. The first-order chi connectivity index (χ1) is 8.97. The Morgan fingerprint density at radius 2 is 2.05 bits per heavy atom. The minimum absolute atomic E-state index is 0.206. The molecule has 5 heteroatoms. The molecule has 0 saturated heterocycles. The van der Waals surface area contributed by atoms with Crippen LogP contribution in [0.3, 0.4) is 0 Å². The summed E-state index contributed by atoms with van der Waals surface area (Å²) < 4.78 is 0.977. The number of carbonyl (C=O) groups excluding carboxylic acids is 1. The van der Waals surface area contributed by atoms with Crippen molar-refractivity contribution in [2.45, 2.75) is 13.8 Å². The normalized spacial score (nSPS) is 10.3. The maximum absolute atomic E-state index is 12.2. The molecule has 2 rings (SSSR count). The van der Waals surface area contributed by atoms with Gasteiger partial charge in [-0.05, 0) is 43.7 Å². The largest absolute Gasteiger partial charge is 0.397 e. The van der Waals surface area contributed by atoms with Crippen LogP contribution in [0.4, 0.5) is 11.4 Å². The van der Waals surface area contributed by atoms with Gasteiger partial charge >= 0.3 is 0 Å². The number of nitrogens with one attached hydrogen (secondary N) is 1. The van der Waals surface area contributed by atoms with Crippen molar-refractivity contribution in [3.05, 3.63) is 51.8 Å². The second kappa shape index (κ2) is 5.40. The first-order valence-corrected chi connectivity index (χ1v) is 6.56. The highest BCUT2D eigenvalue weighted by molar-refractivity contribution is 9.10. The van der Waals surface area contributed by atoms with Crippen molar-refractivity contribution >= 4 is 33.2 Å². The van der Waals surface area contributed by atoms with Gasteiger partial charge in [0, 0.05) is 10.2 Å². The average Bonchev–Trinajstić information content (AvgIpc) is 2.35. The van der Waals surface area contributed by atoms with Gasteiger partial charge in [-0.25, -0.2) is 0 Å². The molecule has 0 saturated carbocycles. The first-order valence-electron chi connectivity index (χ1n) is 5.77. The highest BCUT2D eigenvalue weighted by Crippen LogP contribution is 2.21. The van der Waals surface area contributed by atoms with Gasteiger partial charge in [0.25, 0.3) is 5.91 Å². The molecule has 0 aliphatic rings. The predicted molar refractivity (Wildman–Crippen MR) is 80.2 cm³/mol. The molecule has 1 aromatic carbocycles. The molecule has 1 amide bonds. The van der Waals surface area contributed by atoms with Gasteiger partial charge < -0.3 is 11.1 Å². The van der Waals surface area contributed by atoms with Crippen LogP contribution in [-0.2, 0) is 0 Å². The number of rotatable bonds is 2. The summed E-state index contributed by atoms with van der Waals surface area (Å²) in [4.78, 5) is 16.3. The number of nitrogens with two attached hydrogens (primary N) is 1. The Morgan fingerprint density at radius 3 is 2.74 bits per heavy atom. The summed E-state index contributed by atoms with van der Waals surface area (Å²) in [6.07, 6.45) is 1.54. The molecule has 0 unspecified atom stereocenters. The third-order valence-corrected chi connectivity index (χ3v) is 3.28. The molecule has 0 bridgehead atoms. The van der Waals surface area contributed by atoms with Crippen LogP contribution in [0.25, 0.3) is 0 Å². The lowest BCUT2D eigenvalue weighted by atomic mass is 10.1. The molecular formula is C14H14BrN3O. The zero-order valence-corrected chi connectivity index (χ0v) is 12.3. The zero-order chi connectivity index (χ0) is 14.0. The van der Waals surface area contributed by atoms with Gasteiger partial charge in [-0.15, -0.1) is 0 Å². The van der Waals surface area contributed by atoms with Crippen LogP contribution in [0, 0.1) is 13.8 Å². The number of aryl methyl sites for hydroxylation is 2. The van der Waals surface area contributed by atoms with E-state index < -0.39 is 0 Å². The van der Waals surface area contributed by atoms with Crippen molar-refractivity contribution in [3.8, 4) is 0 Å². The second-order valence-electron chi connectivity index (χ2n) is 4.31. The van der Waals surface area contributed by atoms with Gasteiger partial charge in [-0.2, -0.15) is 0 Å². The molecule has 0 spiro atoms. The standard InChI is InChI=1S/C14H14BrN3O/c1-8-5-10(15)3-4-13(8)18-14(19)12-6-11(16)7-17-9(12)2/h3-7H,16H2,1-2H3,(H,18,19). The van der Waals surface area contributed by atoms with Gasteiger partial charge in [-0.3, -0.25) is 9.78 Å². The van der Waals surface area contributed by atoms with Crippen LogP contribution in [0.2, 0.25) is 0 Å². The smallest absolute Gasteiger partial charge is 0.257 e. The van der Waals surface area contributed by atoms with Crippen LogP contribution in [-0.4, -0.2) is 10.9 Å². The molecule has 4 nitrogen and oxygen atoms in total. The van der Waals surface area contributed by atoms with E-state index in [1.807, 2.05) is 25.1 Å². The van der Waals surface area contributed by atoms with Crippen LogP contribution in [0.15, 0.2) is 34.9 Å². The molecule has 1 aromatic heterocycles. The lowest BCUT2D eigenvalue weighted by Gasteiger charge is -2.10. The number of benzene rings is 1. The van der Waals surface area contributed by atoms with E-state index in [4.69, 9.17) is 5.73 Å². The Morgan fingerprint density at radius 1 is 1.32 bits per heavy atom. The van der Waals surface area contributed by atoms with E-state index in [1.165, 1.54) is 6.20 Å². The second-order valence-corrected chi connectivity index (χ2v) is 5.23. The quantitative estimate of drug-likeness (QED) is 0.892. The number of aromatic nitrogens is 1. The van der Waals surface area contributed by atoms with Gasteiger partial charge in [0.05, 0.1) is 23.1 Å². The third kappa shape index (κ3) is 3.12. The number of nitrogen functional groups attached to an aromatic ring is 1. The zero-order valence-electron chi connectivity index (χ0n) is 10.7. The fourth-order valence-corrected chi connectivity index (χ4v) is 2.21. The molecule has 19 heavy (non-hydrogen) atoms. The summed E-state index contributed by atoms with van der Waals surface area (Å²) in [5.74, 6) is -0.206. The average molecular weight is 320 g/mol. The Balaban J connectivity index is 2.28. The fraction of sp³-hybridized carbons (Fsp3) is 0.143. The minimum atomic E-state index is -0.206. The molecule has 98 valence electrons. The molecule has 1 heterocycles. The number of amides is 1. The van der Waals surface area contributed by atoms with Crippen LogP contribution in [0.1, 0.15) is 21.6 Å². The molecule has 0 atom stereocenters. The predicted octanol–water partition coefficient (Wildman–Crippen LogP) is 3.30. The molecule has 0 aliphatic carbocycles. The highest BCUT2D eigenvalue weighted by atomic mass is 79.9. The lowest BCUT2D eigenvalue weighted by molar-refractivity contribution is 0.102. The molecule has 3 N–H and O–H groups in total. The van der Waals surface area contributed by atoms with Gasteiger partial charge in [-0.1, -0.05) is 15.9 Å². The Hall–Kier alpha value is -1.88. The maximum Gasteiger partial charge on any atom is 0.257 e. The summed E-state index contributed by atoms with van der Waals surface area (Å²) in [7, 11) is 0. The fourth-order valence-electron chi connectivity index (χ4n) is 1.74. The highest BCUT2D eigenvalue weighted by Gasteiger charge is 2.11. The summed E-state index contributed by atoms with van der Waals surface area (Å²) in [6, 6.07) is 7.31. The monoisotopic (exact) mass is 319 g/mol. The van der Waals surface area contributed by atoms with Crippen molar-refractivity contribution < 1.29 is 4.79 Å². The molecule has 0 aliphatic heterocycles. The van der Waals surface area contributed by atoms with Crippen molar-refractivity contribution in [2.75, 3.05) is 11.1 Å². The molecule has 0 radical (unpaired) electrons.